The Bertz CT molecular complexity index is 1200. The number of rotatable bonds is 6. The number of nitrogens with zero attached hydrogens (tertiary/aromatic N) is 3. The number of carbonyl (C=O) groups is 1. The molecular weight excluding hydrogens is 508 g/mol. The maximum Gasteiger partial charge on any atom is 0.253 e. The maximum absolute atomic E-state index is 12.9. The summed E-state index contributed by atoms with van der Waals surface area (Å²) in [5, 5.41) is 4.68. The van der Waals surface area contributed by atoms with Crippen LogP contribution in [0.5, 0.6) is 5.75 Å². The van der Waals surface area contributed by atoms with Gasteiger partial charge in [-0.05, 0) is 48.5 Å². The number of nitrogens with one attached hydrogen (secondary N) is 1. The number of anilines is 1. The molecule has 0 unspecified atom stereocenters. The summed E-state index contributed by atoms with van der Waals surface area (Å²) >= 11 is 7.38. The molecule has 11 heteroatoms. The van der Waals surface area contributed by atoms with E-state index in [4.69, 9.17) is 16.3 Å². The number of piperazine rings is 1. The third-order valence-corrected chi connectivity index (χ3v) is 9.74. The molecule has 0 bridgehead atoms. The standard InChI is InChI=1S/C24H27ClN4O4S2/c25-18-3-7-20(8-4-18)33-14-13-28-9-11-29(12-10-28)23(30)17-1-5-19(6-2-17)26-24-27-21-15-35(31,32)16-22(21)34-24/h1-8,21-22H,9-16H2,(H,26,27)/t21-,22+/m0/s1. The number of halogens is 1. The Morgan fingerprint density at radius 1 is 1.06 bits per heavy atom. The first-order valence-corrected chi connectivity index (χ1v) is 14.6. The van der Waals surface area contributed by atoms with Crippen molar-refractivity contribution in [3.8, 4) is 5.75 Å². The number of benzene rings is 2. The van der Waals surface area contributed by atoms with Crippen molar-refractivity contribution >= 4 is 50.0 Å². The molecule has 1 amide bonds. The van der Waals surface area contributed by atoms with Gasteiger partial charge >= 0.3 is 0 Å². The van der Waals surface area contributed by atoms with E-state index in [0.717, 1.165) is 36.2 Å². The van der Waals surface area contributed by atoms with Gasteiger partial charge in [-0.15, -0.1) is 0 Å². The van der Waals surface area contributed by atoms with Gasteiger partial charge in [-0.3, -0.25) is 14.7 Å². The van der Waals surface area contributed by atoms with Gasteiger partial charge in [-0.25, -0.2) is 8.42 Å². The van der Waals surface area contributed by atoms with Crippen molar-refractivity contribution in [3.63, 3.8) is 0 Å². The van der Waals surface area contributed by atoms with E-state index in [1.807, 2.05) is 53.4 Å². The molecule has 186 valence electrons. The summed E-state index contributed by atoms with van der Waals surface area (Å²) in [6.45, 7) is 4.37. The van der Waals surface area contributed by atoms with Crippen molar-refractivity contribution in [2.75, 3.05) is 56.2 Å². The molecule has 0 spiro atoms. The first-order valence-electron chi connectivity index (χ1n) is 11.6. The van der Waals surface area contributed by atoms with Gasteiger partial charge in [0.15, 0.2) is 15.0 Å². The zero-order chi connectivity index (χ0) is 24.4. The van der Waals surface area contributed by atoms with Crippen molar-refractivity contribution < 1.29 is 17.9 Å². The van der Waals surface area contributed by atoms with E-state index < -0.39 is 9.84 Å². The Balaban J connectivity index is 1.06. The van der Waals surface area contributed by atoms with Gasteiger partial charge < -0.3 is 15.0 Å². The molecule has 0 radical (unpaired) electrons. The summed E-state index contributed by atoms with van der Waals surface area (Å²) < 4.78 is 29.2. The Labute approximate surface area is 214 Å². The number of carbonyl (C=O) groups excluding carboxylic acids is 1. The molecule has 2 aromatic rings. The summed E-state index contributed by atoms with van der Waals surface area (Å²) in [5.74, 6) is 1.15. The number of hydrogen-bond acceptors (Lipinski definition) is 8. The predicted octanol–water partition coefficient (Wildman–Crippen LogP) is 2.86. The minimum Gasteiger partial charge on any atom is -0.492 e. The Morgan fingerprint density at radius 2 is 1.77 bits per heavy atom. The lowest BCUT2D eigenvalue weighted by atomic mass is 10.1. The highest BCUT2D eigenvalue weighted by atomic mass is 35.5. The fourth-order valence-corrected chi connectivity index (χ4v) is 8.22. The second kappa shape index (κ2) is 10.4. The second-order valence-electron chi connectivity index (χ2n) is 8.87. The van der Waals surface area contributed by atoms with Gasteiger partial charge in [-0.1, -0.05) is 23.4 Å². The number of amides is 1. The molecule has 3 aliphatic rings. The first kappa shape index (κ1) is 24.4. The van der Waals surface area contributed by atoms with Crippen molar-refractivity contribution in [1.82, 2.24) is 9.80 Å². The summed E-state index contributed by atoms with van der Waals surface area (Å²) in [6, 6.07) is 14.6. The molecule has 8 nitrogen and oxygen atoms in total. The monoisotopic (exact) mass is 534 g/mol. The molecule has 35 heavy (non-hydrogen) atoms. The minimum atomic E-state index is -2.96. The average molecular weight is 535 g/mol. The number of amidine groups is 1. The SMILES string of the molecule is O=C(c1ccc(NC2=N[C@H]3CS(=O)(=O)C[C@H]3S2)cc1)N1CCN(CCOc2ccc(Cl)cc2)CC1. The maximum atomic E-state index is 12.9. The first-order chi connectivity index (χ1) is 16.8. The van der Waals surface area contributed by atoms with Crippen molar-refractivity contribution in [2.24, 2.45) is 4.99 Å². The van der Waals surface area contributed by atoms with Gasteiger partial charge in [0.25, 0.3) is 5.91 Å². The molecule has 2 aromatic carbocycles. The molecular formula is C24H27ClN4O4S2. The normalized spacial score (nSPS) is 23.6. The number of ether oxygens (including phenoxy) is 1. The van der Waals surface area contributed by atoms with Crippen LogP contribution >= 0.6 is 23.4 Å². The molecule has 1 N–H and O–H groups in total. The van der Waals surface area contributed by atoms with E-state index in [-0.39, 0.29) is 28.7 Å². The van der Waals surface area contributed by atoms with Crippen molar-refractivity contribution in [1.29, 1.82) is 0 Å². The summed E-state index contributed by atoms with van der Waals surface area (Å²) in [4.78, 5) is 21.7. The largest absolute Gasteiger partial charge is 0.492 e. The molecule has 3 heterocycles. The number of hydrogen-bond donors (Lipinski definition) is 1. The molecule has 2 saturated heterocycles. The zero-order valence-electron chi connectivity index (χ0n) is 19.1. The topological polar surface area (TPSA) is 91.3 Å². The van der Waals surface area contributed by atoms with Crippen LogP contribution in [0.25, 0.3) is 0 Å². The zero-order valence-corrected chi connectivity index (χ0v) is 21.5. The van der Waals surface area contributed by atoms with E-state index in [9.17, 15) is 13.2 Å². The summed E-state index contributed by atoms with van der Waals surface area (Å²) in [6.07, 6.45) is 0. The Kier molecular flexibility index (Phi) is 7.24. The third-order valence-electron chi connectivity index (χ3n) is 6.35. The van der Waals surface area contributed by atoms with Crippen LogP contribution in [-0.2, 0) is 9.84 Å². The molecule has 0 saturated carbocycles. The molecule has 3 aliphatic heterocycles. The number of thioether (sulfide) groups is 1. The average Bonchev–Trinajstić information content (AvgIpc) is 3.33. The highest BCUT2D eigenvalue weighted by Gasteiger charge is 2.42. The predicted molar refractivity (Wildman–Crippen MR) is 141 cm³/mol. The number of fused-ring (bicyclic) bond motifs is 1. The minimum absolute atomic E-state index is 0.00557. The lowest BCUT2D eigenvalue weighted by Crippen LogP contribution is -2.49. The van der Waals surface area contributed by atoms with E-state index in [1.165, 1.54) is 11.8 Å². The second-order valence-corrected chi connectivity index (χ2v) is 12.7. The van der Waals surface area contributed by atoms with Gasteiger partial charge in [0.2, 0.25) is 0 Å². The van der Waals surface area contributed by atoms with Crippen LogP contribution < -0.4 is 10.1 Å². The molecule has 0 aliphatic carbocycles. The van der Waals surface area contributed by atoms with Crippen LogP contribution in [0.3, 0.4) is 0 Å². The van der Waals surface area contributed by atoms with Gasteiger partial charge in [0.1, 0.15) is 12.4 Å². The van der Waals surface area contributed by atoms with Gasteiger partial charge in [0.05, 0.1) is 17.5 Å². The van der Waals surface area contributed by atoms with E-state index in [2.05, 4.69) is 15.2 Å². The molecule has 5 rings (SSSR count). The highest BCUT2D eigenvalue weighted by molar-refractivity contribution is 8.15. The lowest BCUT2D eigenvalue weighted by molar-refractivity contribution is 0.0620. The highest BCUT2D eigenvalue weighted by Crippen LogP contribution is 2.34. The van der Waals surface area contributed by atoms with Crippen LogP contribution in [0.4, 0.5) is 5.69 Å². The smallest absolute Gasteiger partial charge is 0.253 e. The molecule has 2 atom stereocenters. The van der Waals surface area contributed by atoms with Gasteiger partial charge in [-0.2, -0.15) is 0 Å². The number of sulfone groups is 1. The summed E-state index contributed by atoms with van der Waals surface area (Å²) in [7, 11) is -2.96. The number of aliphatic imine (C=N–C) groups is 1. The van der Waals surface area contributed by atoms with E-state index in [1.54, 1.807) is 0 Å². The van der Waals surface area contributed by atoms with Crippen molar-refractivity contribution in [2.45, 2.75) is 11.3 Å². The van der Waals surface area contributed by atoms with Crippen molar-refractivity contribution in [3.05, 3.63) is 59.1 Å². The Morgan fingerprint density at radius 3 is 2.46 bits per heavy atom. The summed E-state index contributed by atoms with van der Waals surface area (Å²) in [5.41, 5.74) is 1.49. The fourth-order valence-electron chi connectivity index (χ4n) is 4.42. The lowest BCUT2D eigenvalue weighted by Gasteiger charge is -2.34. The fraction of sp³-hybridized carbons (Fsp3) is 0.417. The Hall–Kier alpha value is -2.27. The molecule has 2 fully saturated rings. The van der Waals surface area contributed by atoms with Crippen LogP contribution in [0.2, 0.25) is 5.02 Å². The third kappa shape index (κ3) is 6.11. The van der Waals surface area contributed by atoms with Crippen LogP contribution in [0.15, 0.2) is 53.5 Å². The quantitative estimate of drug-likeness (QED) is 0.609. The van der Waals surface area contributed by atoms with Crippen LogP contribution in [0, 0.1) is 0 Å². The van der Waals surface area contributed by atoms with E-state index >= 15 is 0 Å². The van der Waals surface area contributed by atoms with E-state index in [0.29, 0.717) is 30.3 Å². The van der Waals surface area contributed by atoms with Gasteiger partial charge in [0, 0.05) is 54.2 Å². The van der Waals surface area contributed by atoms with Crippen LogP contribution in [-0.4, -0.2) is 91.4 Å². The van der Waals surface area contributed by atoms with Crippen LogP contribution in [0.1, 0.15) is 10.4 Å². The molecule has 0 aromatic heterocycles.